The first kappa shape index (κ1) is 20.4. The molecule has 0 saturated heterocycles. The van der Waals surface area contributed by atoms with Crippen LogP contribution in [0.25, 0.3) is 0 Å². The number of aromatic nitrogens is 3. The van der Waals surface area contributed by atoms with Gasteiger partial charge in [0.05, 0.1) is 22.6 Å². The number of nitrogens with one attached hydrogen (secondary N) is 2. The van der Waals surface area contributed by atoms with Crippen molar-refractivity contribution < 1.29 is 9.53 Å². The van der Waals surface area contributed by atoms with Gasteiger partial charge in [-0.1, -0.05) is 46.8 Å². The number of carbonyl (C=O) groups excluding carboxylic acids is 1. The van der Waals surface area contributed by atoms with E-state index in [4.69, 9.17) is 16.3 Å². The Morgan fingerprint density at radius 2 is 2.11 bits per heavy atom. The van der Waals surface area contributed by atoms with Crippen LogP contribution in [0.1, 0.15) is 13.8 Å². The molecular weight excluding hydrogens is 418 g/mol. The molecule has 0 aliphatic carbocycles. The average Bonchev–Trinajstić information content (AvgIpc) is 3.12. The standard InChI is InChI=1S/C18H18ClN5O2S2/c1-3-26-14-7-5-4-6-13(14)21-17-23-24-18(28-17)27-11(2)16(25)22-15-9-8-12(19)10-20-15/h4-11H,3H2,1-2H3,(H,21,23)(H,20,22,25)/t11-/m0/s1. The Labute approximate surface area is 175 Å². The van der Waals surface area contributed by atoms with E-state index in [0.29, 0.717) is 26.9 Å². The highest BCUT2D eigenvalue weighted by Crippen LogP contribution is 2.33. The number of carbonyl (C=O) groups is 1. The second-order valence-corrected chi connectivity index (χ2v) is 8.54. The van der Waals surface area contributed by atoms with Crippen LogP contribution in [0.4, 0.5) is 16.6 Å². The van der Waals surface area contributed by atoms with Crippen LogP contribution in [0.2, 0.25) is 5.02 Å². The number of halogens is 1. The first-order valence-corrected chi connectivity index (χ1v) is 10.5. The predicted molar refractivity (Wildman–Crippen MR) is 114 cm³/mol. The van der Waals surface area contributed by atoms with Crippen LogP contribution in [-0.4, -0.2) is 32.9 Å². The molecule has 2 heterocycles. The number of thioether (sulfide) groups is 1. The maximum atomic E-state index is 12.3. The number of rotatable bonds is 8. The zero-order valence-corrected chi connectivity index (χ0v) is 17.6. The van der Waals surface area contributed by atoms with E-state index in [9.17, 15) is 4.79 Å². The molecule has 0 aliphatic heterocycles. The second-order valence-electron chi connectivity index (χ2n) is 5.54. The Morgan fingerprint density at radius 1 is 1.29 bits per heavy atom. The van der Waals surface area contributed by atoms with E-state index in [-0.39, 0.29) is 11.2 Å². The zero-order chi connectivity index (χ0) is 19.9. The second kappa shape index (κ2) is 9.72. The van der Waals surface area contributed by atoms with Crippen molar-refractivity contribution >= 4 is 57.2 Å². The Kier molecular flexibility index (Phi) is 7.07. The molecule has 0 fully saturated rings. The van der Waals surface area contributed by atoms with Gasteiger partial charge in [0.1, 0.15) is 11.6 Å². The topological polar surface area (TPSA) is 89.0 Å². The number of ether oxygens (including phenoxy) is 1. The summed E-state index contributed by atoms with van der Waals surface area (Å²) in [5.41, 5.74) is 0.816. The molecule has 0 saturated carbocycles. The summed E-state index contributed by atoms with van der Waals surface area (Å²) in [6.45, 7) is 4.31. The first-order valence-electron chi connectivity index (χ1n) is 8.46. The van der Waals surface area contributed by atoms with Crippen LogP contribution in [-0.2, 0) is 4.79 Å². The van der Waals surface area contributed by atoms with Gasteiger partial charge >= 0.3 is 0 Å². The molecule has 3 aromatic rings. The SMILES string of the molecule is CCOc1ccccc1Nc1nnc(S[C@@H](C)C(=O)Nc2ccc(Cl)cn2)s1. The van der Waals surface area contributed by atoms with Gasteiger partial charge in [-0.25, -0.2) is 4.98 Å². The molecule has 0 radical (unpaired) electrons. The highest BCUT2D eigenvalue weighted by Gasteiger charge is 2.18. The molecule has 28 heavy (non-hydrogen) atoms. The normalized spacial score (nSPS) is 11.7. The molecule has 1 amide bonds. The van der Waals surface area contributed by atoms with Crippen LogP contribution in [0, 0.1) is 0 Å². The van der Waals surface area contributed by atoms with Crippen LogP contribution in [0.15, 0.2) is 46.9 Å². The van der Waals surface area contributed by atoms with Crippen LogP contribution in [0.3, 0.4) is 0 Å². The fourth-order valence-corrected chi connectivity index (χ4v) is 4.18. The minimum absolute atomic E-state index is 0.175. The third-order valence-electron chi connectivity index (χ3n) is 3.46. The highest BCUT2D eigenvalue weighted by molar-refractivity contribution is 8.02. The van der Waals surface area contributed by atoms with Gasteiger partial charge in [-0.15, -0.1) is 10.2 Å². The minimum atomic E-state index is -0.367. The molecular formula is C18H18ClN5O2S2. The van der Waals surface area contributed by atoms with Gasteiger partial charge in [0.15, 0.2) is 4.34 Å². The molecule has 3 rings (SSSR count). The van der Waals surface area contributed by atoms with E-state index in [2.05, 4.69) is 25.8 Å². The third kappa shape index (κ3) is 5.57. The molecule has 7 nitrogen and oxygen atoms in total. The number of hydrogen-bond acceptors (Lipinski definition) is 8. The van der Waals surface area contributed by atoms with E-state index in [1.54, 1.807) is 19.1 Å². The third-order valence-corrected chi connectivity index (χ3v) is 5.71. The number of amides is 1. The Balaban J connectivity index is 1.59. The number of pyridine rings is 1. The van der Waals surface area contributed by atoms with Crippen molar-refractivity contribution in [1.29, 1.82) is 0 Å². The van der Waals surface area contributed by atoms with Gasteiger partial charge in [-0.2, -0.15) is 0 Å². The number of para-hydroxylation sites is 2. The maximum absolute atomic E-state index is 12.3. The molecule has 0 aliphatic rings. The van der Waals surface area contributed by atoms with Crippen molar-refractivity contribution in [2.75, 3.05) is 17.2 Å². The smallest absolute Gasteiger partial charge is 0.238 e. The molecule has 0 bridgehead atoms. The summed E-state index contributed by atoms with van der Waals surface area (Å²) in [7, 11) is 0. The summed E-state index contributed by atoms with van der Waals surface area (Å²) in [5, 5.41) is 15.0. The molecule has 146 valence electrons. The van der Waals surface area contributed by atoms with E-state index < -0.39 is 0 Å². The summed E-state index contributed by atoms with van der Waals surface area (Å²) in [6.07, 6.45) is 1.48. The van der Waals surface area contributed by atoms with Gasteiger partial charge in [0.25, 0.3) is 0 Å². The molecule has 1 atom stereocenters. The quantitative estimate of drug-likeness (QED) is 0.489. The maximum Gasteiger partial charge on any atom is 0.238 e. The lowest BCUT2D eigenvalue weighted by Crippen LogP contribution is -2.22. The van der Waals surface area contributed by atoms with Crippen molar-refractivity contribution in [3.63, 3.8) is 0 Å². The van der Waals surface area contributed by atoms with Gasteiger partial charge in [0, 0.05) is 6.20 Å². The fourth-order valence-electron chi connectivity index (χ4n) is 2.16. The number of nitrogens with zero attached hydrogens (tertiary/aromatic N) is 3. The summed E-state index contributed by atoms with van der Waals surface area (Å²) < 4.78 is 6.28. The Morgan fingerprint density at radius 3 is 2.86 bits per heavy atom. The predicted octanol–water partition coefficient (Wildman–Crippen LogP) is 4.85. The van der Waals surface area contributed by atoms with E-state index in [0.717, 1.165) is 11.4 Å². The fraction of sp³-hybridized carbons (Fsp3) is 0.222. The largest absolute Gasteiger partial charge is 0.492 e. The number of benzene rings is 1. The van der Waals surface area contributed by atoms with Gasteiger partial charge < -0.3 is 15.4 Å². The molecule has 0 unspecified atom stereocenters. The molecule has 0 spiro atoms. The molecule has 10 heteroatoms. The highest BCUT2D eigenvalue weighted by atomic mass is 35.5. The van der Waals surface area contributed by atoms with Crippen molar-refractivity contribution in [1.82, 2.24) is 15.2 Å². The van der Waals surface area contributed by atoms with Gasteiger partial charge in [-0.3, -0.25) is 4.79 Å². The summed E-state index contributed by atoms with van der Waals surface area (Å²) in [6, 6.07) is 10.9. The van der Waals surface area contributed by atoms with Crippen molar-refractivity contribution in [2.45, 2.75) is 23.4 Å². The van der Waals surface area contributed by atoms with E-state index in [1.807, 2.05) is 31.2 Å². The summed E-state index contributed by atoms with van der Waals surface area (Å²) in [4.78, 5) is 16.4. The van der Waals surface area contributed by atoms with Crippen molar-refractivity contribution in [2.24, 2.45) is 0 Å². The summed E-state index contributed by atoms with van der Waals surface area (Å²) in [5.74, 6) is 1.03. The van der Waals surface area contributed by atoms with Crippen molar-refractivity contribution in [3.05, 3.63) is 47.6 Å². The Hall–Kier alpha value is -2.36. The van der Waals surface area contributed by atoms with E-state index in [1.165, 1.54) is 29.3 Å². The number of hydrogen-bond donors (Lipinski definition) is 2. The zero-order valence-electron chi connectivity index (χ0n) is 15.2. The van der Waals surface area contributed by atoms with Crippen LogP contribution >= 0.6 is 34.7 Å². The lowest BCUT2D eigenvalue weighted by Gasteiger charge is -2.10. The molecule has 1 aromatic carbocycles. The average molecular weight is 436 g/mol. The Bertz CT molecular complexity index is 936. The lowest BCUT2D eigenvalue weighted by atomic mass is 10.3. The monoisotopic (exact) mass is 435 g/mol. The van der Waals surface area contributed by atoms with Crippen molar-refractivity contribution in [3.8, 4) is 5.75 Å². The van der Waals surface area contributed by atoms with E-state index >= 15 is 0 Å². The molecule has 2 aromatic heterocycles. The summed E-state index contributed by atoms with van der Waals surface area (Å²) >= 11 is 8.50. The number of anilines is 3. The molecule has 2 N–H and O–H groups in total. The minimum Gasteiger partial charge on any atom is -0.492 e. The van der Waals surface area contributed by atoms with Gasteiger partial charge in [-0.05, 0) is 38.1 Å². The first-order chi connectivity index (χ1) is 13.5. The lowest BCUT2D eigenvalue weighted by molar-refractivity contribution is -0.115. The van der Waals surface area contributed by atoms with Crippen LogP contribution < -0.4 is 15.4 Å². The van der Waals surface area contributed by atoms with Gasteiger partial charge in [0.2, 0.25) is 11.0 Å². The van der Waals surface area contributed by atoms with Crippen LogP contribution in [0.5, 0.6) is 5.75 Å².